The van der Waals surface area contributed by atoms with Crippen molar-refractivity contribution >= 4 is 5.91 Å². The normalized spacial score (nSPS) is 16.7. The van der Waals surface area contributed by atoms with Gasteiger partial charge >= 0.3 is 0 Å². The SMILES string of the molecule is CCc1ccc(C(C)CC(=O)NCC2CNC2)cc1. The minimum absolute atomic E-state index is 0.166. The second-order valence-electron chi connectivity index (χ2n) is 5.53. The van der Waals surface area contributed by atoms with Gasteiger partial charge in [-0.15, -0.1) is 0 Å². The lowest BCUT2D eigenvalue weighted by molar-refractivity contribution is -0.121. The lowest BCUT2D eigenvalue weighted by atomic mass is 9.96. The van der Waals surface area contributed by atoms with Crippen LogP contribution in [0.1, 0.15) is 37.3 Å². The number of nitrogens with one attached hydrogen (secondary N) is 2. The molecule has 0 saturated carbocycles. The van der Waals surface area contributed by atoms with Crippen molar-refractivity contribution in [3.05, 3.63) is 35.4 Å². The first-order valence-electron chi connectivity index (χ1n) is 7.25. The number of benzene rings is 1. The molecular weight excluding hydrogens is 236 g/mol. The maximum Gasteiger partial charge on any atom is 0.220 e. The molecule has 104 valence electrons. The highest BCUT2D eigenvalue weighted by atomic mass is 16.1. The molecule has 1 fully saturated rings. The third-order valence-corrected chi connectivity index (χ3v) is 3.90. The molecule has 2 N–H and O–H groups in total. The summed E-state index contributed by atoms with van der Waals surface area (Å²) in [6.45, 7) is 7.16. The number of hydrogen-bond acceptors (Lipinski definition) is 2. The summed E-state index contributed by atoms with van der Waals surface area (Å²) >= 11 is 0. The van der Waals surface area contributed by atoms with Gasteiger partial charge in [0.2, 0.25) is 5.91 Å². The van der Waals surface area contributed by atoms with Gasteiger partial charge in [-0.25, -0.2) is 0 Å². The van der Waals surface area contributed by atoms with E-state index in [0.29, 0.717) is 12.3 Å². The minimum atomic E-state index is 0.166. The Morgan fingerprint density at radius 1 is 1.37 bits per heavy atom. The third-order valence-electron chi connectivity index (χ3n) is 3.90. The number of rotatable bonds is 6. The largest absolute Gasteiger partial charge is 0.356 e. The van der Waals surface area contributed by atoms with E-state index in [2.05, 4.69) is 48.7 Å². The van der Waals surface area contributed by atoms with Crippen LogP contribution in [0, 0.1) is 5.92 Å². The summed E-state index contributed by atoms with van der Waals surface area (Å²) in [5.74, 6) is 1.08. The van der Waals surface area contributed by atoms with Crippen molar-refractivity contribution in [3.63, 3.8) is 0 Å². The molecular formula is C16H24N2O. The fourth-order valence-corrected chi connectivity index (χ4v) is 2.30. The lowest BCUT2D eigenvalue weighted by Crippen LogP contribution is -2.48. The van der Waals surface area contributed by atoms with Crippen molar-refractivity contribution < 1.29 is 4.79 Å². The van der Waals surface area contributed by atoms with Crippen LogP contribution in [0.2, 0.25) is 0 Å². The monoisotopic (exact) mass is 260 g/mol. The summed E-state index contributed by atoms with van der Waals surface area (Å²) in [7, 11) is 0. The topological polar surface area (TPSA) is 41.1 Å². The van der Waals surface area contributed by atoms with Gasteiger partial charge in [0.05, 0.1) is 0 Å². The fraction of sp³-hybridized carbons (Fsp3) is 0.562. The van der Waals surface area contributed by atoms with E-state index in [0.717, 1.165) is 26.1 Å². The first-order valence-corrected chi connectivity index (χ1v) is 7.25. The highest BCUT2D eigenvalue weighted by Crippen LogP contribution is 2.19. The number of carbonyl (C=O) groups is 1. The molecule has 0 aromatic heterocycles. The molecule has 2 rings (SSSR count). The second kappa shape index (κ2) is 6.71. The first-order chi connectivity index (χ1) is 9.19. The van der Waals surface area contributed by atoms with Gasteiger partial charge in [-0.2, -0.15) is 0 Å². The van der Waals surface area contributed by atoms with Crippen LogP contribution in [0.5, 0.6) is 0 Å². The van der Waals surface area contributed by atoms with Crippen molar-refractivity contribution in [3.8, 4) is 0 Å². The van der Waals surface area contributed by atoms with Crippen LogP contribution in [-0.2, 0) is 11.2 Å². The Kier molecular flexibility index (Phi) is 4.97. The fourth-order valence-electron chi connectivity index (χ4n) is 2.30. The standard InChI is InChI=1S/C16H24N2O/c1-3-13-4-6-15(7-5-13)12(2)8-16(19)18-11-14-9-17-10-14/h4-7,12,14,17H,3,8-11H2,1-2H3,(H,18,19). The summed E-state index contributed by atoms with van der Waals surface area (Å²) in [5.41, 5.74) is 2.59. The number of aryl methyl sites for hydroxylation is 1. The predicted molar refractivity (Wildman–Crippen MR) is 78.2 cm³/mol. The minimum Gasteiger partial charge on any atom is -0.356 e. The molecule has 3 heteroatoms. The van der Waals surface area contributed by atoms with E-state index < -0.39 is 0 Å². The maximum atomic E-state index is 11.9. The van der Waals surface area contributed by atoms with E-state index in [1.54, 1.807) is 0 Å². The molecule has 1 aliphatic heterocycles. The van der Waals surface area contributed by atoms with Crippen LogP contribution in [0.15, 0.2) is 24.3 Å². The van der Waals surface area contributed by atoms with Gasteiger partial charge in [-0.1, -0.05) is 38.1 Å². The second-order valence-corrected chi connectivity index (χ2v) is 5.53. The van der Waals surface area contributed by atoms with Crippen LogP contribution in [0.25, 0.3) is 0 Å². The number of amides is 1. The van der Waals surface area contributed by atoms with E-state index in [9.17, 15) is 4.79 Å². The summed E-state index contributed by atoms with van der Waals surface area (Å²) in [4.78, 5) is 11.9. The van der Waals surface area contributed by atoms with Crippen molar-refractivity contribution in [2.24, 2.45) is 5.92 Å². The molecule has 1 aromatic carbocycles. The van der Waals surface area contributed by atoms with Crippen molar-refractivity contribution in [2.75, 3.05) is 19.6 Å². The van der Waals surface area contributed by atoms with E-state index in [-0.39, 0.29) is 11.8 Å². The molecule has 0 bridgehead atoms. The highest BCUT2D eigenvalue weighted by Gasteiger charge is 2.18. The number of carbonyl (C=O) groups excluding carboxylic acids is 1. The Hall–Kier alpha value is -1.35. The molecule has 19 heavy (non-hydrogen) atoms. The van der Waals surface area contributed by atoms with Gasteiger partial charge in [0.25, 0.3) is 0 Å². The molecule has 0 spiro atoms. The summed E-state index contributed by atoms with van der Waals surface area (Å²) in [6.07, 6.45) is 1.64. The van der Waals surface area contributed by atoms with Crippen molar-refractivity contribution in [2.45, 2.75) is 32.6 Å². The van der Waals surface area contributed by atoms with E-state index >= 15 is 0 Å². The molecule has 1 aliphatic rings. The number of hydrogen-bond donors (Lipinski definition) is 2. The Morgan fingerprint density at radius 3 is 2.58 bits per heavy atom. The van der Waals surface area contributed by atoms with Gasteiger partial charge < -0.3 is 10.6 Å². The average Bonchev–Trinajstić information content (AvgIpc) is 2.37. The zero-order chi connectivity index (χ0) is 13.7. The van der Waals surface area contributed by atoms with Gasteiger partial charge in [0.1, 0.15) is 0 Å². The molecule has 1 saturated heterocycles. The van der Waals surface area contributed by atoms with Crippen molar-refractivity contribution in [1.82, 2.24) is 10.6 Å². The van der Waals surface area contributed by atoms with Gasteiger partial charge in [0.15, 0.2) is 0 Å². The molecule has 0 radical (unpaired) electrons. The Bertz CT molecular complexity index is 409. The molecule has 1 heterocycles. The van der Waals surface area contributed by atoms with Crippen LogP contribution >= 0.6 is 0 Å². The predicted octanol–water partition coefficient (Wildman–Crippen LogP) is 2.08. The Morgan fingerprint density at radius 2 is 2.05 bits per heavy atom. The van der Waals surface area contributed by atoms with Gasteiger partial charge in [0, 0.05) is 32.0 Å². The zero-order valence-electron chi connectivity index (χ0n) is 11.9. The zero-order valence-corrected chi connectivity index (χ0v) is 11.9. The molecule has 1 aromatic rings. The Balaban J connectivity index is 1.77. The van der Waals surface area contributed by atoms with Crippen LogP contribution in [0.4, 0.5) is 0 Å². The molecule has 1 atom stereocenters. The smallest absolute Gasteiger partial charge is 0.220 e. The van der Waals surface area contributed by atoms with Crippen LogP contribution in [0.3, 0.4) is 0 Å². The molecule has 3 nitrogen and oxygen atoms in total. The van der Waals surface area contributed by atoms with E-state index in [4.69, 9.17) is 0 Å². The summed E-state index contributed by atoms with van der Waals surface area (Å²) in [6, 6.07) is 8.60. The van der Waals surface area contributed by atoms with Crippen LogP contribution in [-0.4, -0.2) is 25.5 Å². The van der Waals surface area contributed by atoms with E-state index in [1.807, 2.05) is 0 Å². The van der Waals surface area contributed by atoms with Gasteiger partial charge in [-0.05, 0) is 23.5 Å². The highest BCUT2D eigenvalue weighted by molar-refractivity contribution is 5.76. The molecule has 0 aliphatic carbocycles. The van der Waals surface area contributed by atoms with Crippen molar-refractivity contribution in [1.29, 1.82) is 0 Å². The van der Waals surface area contributed by atoms with E-state index in [1.165, 1.54) is 11.1 Å². The van der Waals surface area contributed by atoms with Crippen LogP contribution < -0.4 is 10.6 Å². The first kappa shape index (κ1) is 14.1. The summed E-state index contributed by atoms with van der Waals surface area (Å²) < 4.78 is 0. The summed E-state index contributed by atoms with van der Waals surface area (Å²) in [5, 5.41) is 6.24. The maximum absolute atomic E-state index is 11.9. The molecule has 1 unspecified atom stereocenters. The third kappa shape index (κ3) is 4.06. The average molecular weight is 260 g/mol. The quantitative estimate of drug-likeness (QED) is 0.822. The molecule has 1 amide bonds. The Labute approximate surface area is 115 Å². The van der Waals surface area contributed by atoms with Gasteiger partial charge in [-0.3, -0.25) is 4.79 Å². The lowest BCUT2D eigenvalue weighted by Gasteiger charge is -2.27.